The lowest BCUT2D eigenvalue weighted by atomic mass is 10.2. The maximum atomic E-state index is 12.1. The quantitative estimate of drug-likeness (QED) is 0.621. The van der Waals surface area contributed by atoms with Crippen molar-refractivity contribution in [1.29, 1.82) is 0 Å². The molecular weight excluding hydrogens is 298 g/mol. The van der Waals surface area contributed by atoms with E-state index in [1.54, 1.807) is 25.1 Å². The zero-order valence-corrected chi connectivity index (χ0v) is 12.7. The van der Waals surface area contributed by atoms with Crippen molar-refractivity contribution in [3.63, 3.8) is 0 Å². The van der Waals surface area contributed by atoms with Crippen LogP contribution in [0.3, 0.4) is 0 Å². The number of carbonyl (C=O) groups is 1. The molecule has 20 heavy (non-hydrogen) atoms. The van der Waals surface area contributed by atoms with Gasteiger partial charge in [0.05, 0.1) is 4.90 Å². The summed E-state index contributed by atoms with van der Waals surface area (Å²) in [5, 5.41) is 2.59. The number of hydrogen-bond donors (Lipinski definition) is 3. The Morgan fingerprint density at radius 3 is 2.60 bits per heavy atom. The summed E-state index contributed by atoms with van der Waals surface area (Å²) in [6.07, 6.45) is 0.0717. The van der Waals surface area contributed by atoms with Crippen LogP contribution >= 0.6 is 12.2 Å². The van der Waals surface area contributed by atoms with E-state index in [9.17, 15) is 13.2 Å². The molecule has 0 bridgehead atoms. The number of rotatable bonds is 7. The summed E-state index contributed by atoms with van der Waals surface area (Å²) in [5.74, 6) is -0.210. The van der Waals surface area contributed by atoms with E-state index in [4.69, 9.17) is 18.0 Å². The lowest BCUT2D eigenvalue weighted by molar-refractivity contribution is -0.120. The summed E-state index contributed by atoms with van der Waals surface area (Å²) in [7, 11) is -3.74. The Hall–Kier alpha value is -1.51. The Morgan fingerprint density at radius 1 is 1.35 bits per heavy atom. The van der Waals surface area contributed by atoms with Gasteiger partial charge in [0.1, 0.15) is 4.99 Å². The summed E-state index contributed by atoms with van der Waals surface area (Å²) < 4.78 is 26.6. The molecule has 0 aromatic heterocycles. The first kappa shape index (κ1) is 16.5. The highest BCUT2D eigenvalue weighted by Crippen LogP contribution is 2.14. The second kappa shape index (κ2) is 7.32. The van der Waals surface area contributed by atoms with Crippen LogP contribution in [0.1, 0.15) is 18.9 Å². The molecule has 0 aliphatic rings. The van der Waals surface area contributed by atoms with E-state index in [0.717, 1.165) is 0 Å². The first-order valence-corrected chi connectivity index (χ1v) is 7.93. The SMILES string of the molecule is CCNC(=O)CCNS(=O)(=O)c1ccccc1C(N)=S. The molecule has 1 rings (SSSR count). The fraction of sp³-hybridized carbons (Fsp3) is 0.333. The molecule has 0 aliphatic heterocycles. The molecule has 1 aromatic rings. The molecular formula is C12H17N3O3S2. The highest BCUT2D eigenvalue weighted by atomic mass is 32.2. The van der Waals surface area contributed by atoms with Gasteiger partial charge < -0.3 is 11.1 Å². The zero-order chi connectivity index (χ0) is 15.2. The van der Waals surface area contributed by atoms with Crippen LogP contribution in [0, 0.1) is 0 Å². The molecule has 6 nitrogen and oxygen atoms in total. The number of nitrogens with two attached hydrogens (primary N) is 1. The third-order valence-corrected chi connectivity index (χ3v) is 4.20. The lowest BCUT2D eigenvalue weighted by Gasteiger charge is -2.10. The maximum Gasteiger partial charge on any atom is 0.241 e. The Kier molecular flexibility index (Phi) is 6.05. The number of sulfonamides is 1. The van der Waals surface area contributed by atoms with Crippen molar-refractivity contribution >= 4 is 33.1 Å². The molecule has 8 heteroatoms. The number of hydrogen-bond acceptors (Lipinski definition) is 4. The van der Waals surface area contributed by atoms with Gasteiger partial charge >= 0.3 is 0 Å². The molecule has 0 heterocycles. The van der Waals surface area contributed by atoms with Crippen molar-refractivity contribution < 1.29 is 13.2 Å². The standard InChI is InChI=1S/C12H17N3O3S2/c1-2-14-11(16)7-8-15-20(17,18)10-6-4-3-5-9(10)12(13)19/h3-6,15H,2,7-8H2,1H3,(H2,13,19)(H,14,16). The Bertz CT molecular complexity index is 600. The van der Waals surface area contributed by atoms with Gasteiger partial charge in [0.2, 0.25) is 15.9 Å². The molecule has 0 atom stereocenters. The van der Waals surface area contributed by atoms with Gasteiger partial charge in [-0.2, -0.15) is 0 Å². The fourth-order valence-corrected chi connectivity index (χ4v) is 3.06. The van der Waals surface area contributed by atoms with Crippen LogP contribution in [-0.2, 0) is 14.8 Å². The third kappa shape index (κ3) is 4.55. The molecule has 0 saturated heterocycles. The highest BCUT2D eigenvalue weighted by molar-refractivity contribution is 7.89. The number of nitrogens with one attached hydrogen (secondary N) is 2. The summed E-state index contributed by atoms with van der Waals surface area (Å²) >= 11 is 4.83. The summed E-state index contributed by atoms with van der Waals surface area (Å²) in [5.41, 5.74) is 5.79. The minimum atomic E-state index is -3.74. The van der Waals surface area contributed by atoms with E-state index in [-0.39, 0.29) is 34.3 Å². The van der Waals surface area contributed by atoms with Crippen molar-refractivity contribution in [3.05, 3.63) is 29.8 Å². The molecule has 0 unspecified atom stereocenters. The van der Waals surface area contributed by atoms with Gasteiger partial charge in [-0.25, -0.2) is 13.1 Å². The van der Waals surface area contributed by atoms with Gasteiger partial charge in [-0.1, -0.05) is 30.4 Å². The van der Waals surface area contributed by atoms with Gasteiger partial charge in [-0.05, 0) is 13.0 Å². The molecule has 4 N–H and O–H groups in total. The molecule has 0 saturated carbocycles. The maximum absolute atomic E-state index is 12.1. The van der Waals surface area contributed by atoms with Gasteiger partial charge in [0.15, 0.2) is 0 Å². The number of carbonyl (C=O) groups excluding carboxylic acids is 1. The van der Waals surface area contributed by atoms with E-state index in [1.165, 1.54) is 6.07 Å². The fourth-order valence-electron chi connectivity index (χ4n) is 1.57. The van der Waals surface area contributed by atoms with Crippen LogP contribution in [0.5, 0.6) is 0 Å². The second-order valence-electron chi connectivity index (χ2n) is 3.96. The number of benzene rings is 1. The van der Waals surface area contributed by atoms with Crippen molar-refractivity contribution in [2.24, 2.45) is 5.73 Å². The zero-order valence-electron chi connectivity index (χ0n) is 11.0. The van der Waals surface area contributed by atoms with Crippen LogP contribution in [0.4, 0.5) is 0 Å². The van der Waals surface area contributed by atoms with Crippen LogP contribution in [0.15, 0.2) is 29.2 Å². The van der Waals surface area contributed by atoms with E-state index in [0.29, 0.717) is 6.54 Å². The van der Waals surface area contributed by atoms with Crippen LogP contribution in [0.25, 0.3) is 0 Å². The third-order valence-electron chi connectivity index (χ3n) is 2.46. The van der Waals surface area contributed by atoms with Gasteiger partial charge in [0, 0.05) is 25.1 Å². The Labute approximate surface area is 123 Å². The molecule has 0 fully saturated rings. The first-order valence-electron chi connectivity index (χ1n) is 6.03. The van der Waals surface area contributed by atoms with Gasteiger partial charge in [0.25, 0.3) is 0 Å². The highest BCUT2D eigenvalue weighted by Gasteiger charge is 2.19. The predicted octanol–water partition coefficient (Wildman–Crippen LogP) is 0.125. The monoisotopic (exact) mass is 315 g/mol. The van der Waals surface area contributed by atoms with E-state index < -0.39 is 10.0 Å². The normalized spacial score (nSPS) is 11.1. The van der Waals surface area contributed by atoms with E-state index in [1.807, 2.05) is 0 Å². The first-order chi connectivity index (χ1) is 9.38. The lowest BCUT2D eigenvalue weighted by Crippen LogP contribution is -2.31. The molecule has 0 aliphatic carbocycles. The van der Waals surface area contributed by atoms with Crippen molar-refractivity contribution in [1.82, 2.24) is 10.0 Å². The van der Waals surface area contributed by atoms with Crippen molar-refractivity contribution in [2.45, 2.75) is 18.2 Å². The predicted molar refractivity (Wildman–Crippen MR) is 80.8 cm³/mol. The Balaban J connectivity index is 2.80. The van der Waals surface area contributed by atoms with E-state index >= 15 is 0 Å². The van der Waals surface area contributed by atoms with Crippen LogP contribution < -0.4 is 15.8 Å². The molecule has 110 valence electrons. The minimum Gasteiger partial charge on any atom is -0.389 e. The summed E-state index contributed by atoms with van der Waals surface area (Å²) in [6, 6.07) is 6.20. The minimum absolute atomic E-state index is 0.00898. The average Bonchev–Trinajstić information content (AvgIpc) is 2.38. The molecule has 1 aromatic carbocycles. The topological polar surface area (TPSA) is 101 Å². The van der Waals surface area contributed by atoms with Crippen LogP contribution in [0.2, 0.25) is 0 Å². The van der Waals surface area contributed by atoms with Crippen molar-refractivity contribution in [3.8, 4) is 0 Å². The van der Waals surface area contributed by atoms with Crippen LogP contribution in [-0.4, -0.2) is 32.4 Å². The average molecular weight is 315 g/mol. The molecule has 0 radical (unpaired) electrons. The molecule has 0 spiro atoms. The van der Waals surface area contributed by atoms with Gasteiger partial charge in [-0.3, -0.25) is 4.79 Å². The summed E-state index contributed by atoms with van der Waals surface area (Å²) in [6.45, 7) is 2.32. The summed E-state index contributed by atoms with van der Waals surface area (Å²) in [4.78, 5) is 11.3. The molecule has 1 amide bonds. The number of thiocarbonyl (C=S) groups is 1. The second-order valence-corrected chi connectivity index (χ2v) is 6.14. The van der Waals surface area contributed by atoms with Gasteiger partial charge in [-0.15, -0.1) is 0 Å². The number of amides is 1. The van der Waals surface area contributed by atoms with E-state index in [2.05, 4.69) is 10.0 Å². The van der Waals surface area contributed by atoms with Crippen molar-refractivity contribution in [2.75, 3.05) is 13.1 Å². The largest absolute Gasteiger partial charge is 0.389 e. The smallest absolute Gasteiger partial charge is 0.241 e. The Morgan fingerprint density at radius 2 is 2.00 bits per heavy atom.